The zero-order valence-corrected chi connectivity index (χ0v) is 13.4. The predicted molar refractivity (Wildman–Crippen MR) is 85.4 cm³/mol. The molecule has 0 radical (unpaired) electrons. The van der Waals surface area contributed by atoms with E-state index in [4.69, 9.17) is 4.74 Å². The molecular weight excluding hydrogens is 278 g/mol. The lowest BCUT2D eigenvalue weighted by Crippen LogP contribution is -2.31. The van der Waals surface area contributed by atoms with Crippen LogP contribution in [-0.2, 0) is 4.79 Å². The molecule has 1 aliphatic heterocycles. The maximum atomic E-state index is 11.7. The second kappa shape index (κ2) is 6.29. The summed E-state index contributed by atoms with van der Waals surface area (Å²) in [4.78, 5) is 14.1. The van der Waals surface area contributed by atoms with E-state index in [0.717, 1.165) is 23.4 Å². The fourth-order valence-electron chi connectivity index (χ4n) is 4.12. The number of likely N-dealkylation sites (tertiary alicyclic amines) is 1. The monoisotopic (exact) mass is 303 g/mol. The number of benzene rings is 1. The summed E-state index contributed by atoms with van der Waals surface area (Å²) in [6.45, 7) is 3.57. The molecule has 1 aromatic carbocycles. The van der Waals surface area contributed by atoms with E-state index in [1.54, 1.807) is 7.11 Å². The van der Waals surface area contributed by atoms with Gasteiger partial charge in [0.05, 0.1) is 13.0 Å². The first-order valence-electron chi connectivity index (χ1n) is 8.21. The molecule has 0 amide bonds. The van der Waals surface area contributed by atoms with Crippen molar-refractivity contribution in [1.82, 2.24) is 4.90 Å². The Hall–Kier alpha value is -1.55. The fraction of sp³-hybridized carbons (Fsp3) is 0.611. The van der Waals surface area contributed by atoms with E-state index in [0.29, 0.717) is 12.6 Å². The van der Waals surface area contributed by atoms with Crippen LogP contribution in [0.15, 0.2) is 18.2 Å². The van der Waals surface area contributed by atoms with E-state index < -0.39 is 5.97 Å². The second-order valence-corrected chi connectivity index (χ2v) is 6.67. The largest absolute Gasteiger partial charge is 0.496 e. The molecule has 1 saturated carbocycles. The van der Waals surface area contributed by atoms with E-state index >= 15 is 0 Å². The van der Waals surface area contributed by atoms with Crippen molar-refractivity contribution in [3.8, 4) is 5.75 Å². The van der Waals surface area contributed by atoms with Gasteiger partial charge in [-0.1, -0.05) is 25.0 Å². The van der Waals surface area contributed by atoms with Crippen LogP contribution in [0.1, 0.15) is 42.7 Å². The first kappa shape index (κ1) is 15.3. The number of aliphatic carboxylic acids is 1. The first-order valence-corrected chi connectivity index (χ1v) is 8.21. The summed E-state index contributed by atoms with van der Waals surface area (Å²) >= 11 is 0. The van der Waals surface area contributed by atoms with E-state index in [2.05, 4.69) is 11.0 Å². The van der Waals surface area contributed by atoms with Crippen molar-refractivity contribution in [2.45, 2.75) is 44.6 Å². The van der Waals surface area contributed by atoms with Gasteiger partial charge in [0, 0.05) is 25.0 Å². The summed E-state index contributed by atoms with van der Waals surface area (Å²) in [6.07, 6.45) is 5.01. The van der Waals surface area contributed by atoms with Crippen molar-refractivity contribution < 1.29 is 14.6 Å². The lowest BCUT2D eigenvalue weighted by molar-refractivity contribution is -0.141. The van der Waals surface area contributed by atoms with Crippen LogP contribution in [0, 0.1) is 12.8 Å². The maximum Gasteiger partial charge on any atom is 0.308 e. The molecule has 1 N–H and O–H groups in total. The zero-order valence-electron chi connectivity index (χ0n) is 13.4. The summed E-state index contributed by atoms with van der Waals surface area (Å²) in [6, 6.07) is 6.68. The lowest BCUT2D eigenvalue weighted by Gasteiger charge is -2.23. The fourth-order valence-corrected chi connectivity index (χ4v) is 4.12. The van der Waals surface area contributed by atoms with Gasteiger partial charge < -0.3 is 9.84 Å². The van der Waals surface area contributed by atoms with Crippen LogP contribution >= 0.6 is 0 Å². The molecule has 22 heavy (non-hydrogen) atoms. The van der Waals surface area contributed by atoms with Gasteiger partial charge in [-0.25, -0.2) is 0 Å². The van der Waals surface area contributed by atoms with Crippen LogP contribution in [0.3, 0.4) is 0 Å². The number of hydrogen-bond donors (Lipinski definition) is 1. The van der Waals surface area contributed by atoms with Gasteiger partial charge in [0.25, 0.3) is 0 Å². The van der Waals surface area contributed by atoms with Crippen LogP contribution in [0.2, 0.25) is 0 Å². The normalized spacial score (nSPS) is 26.5. The Bertz CT molecular complexity index is 551. The molecule has 2 atom stereocenters. The highest BCUT2D eigenvalue weighted by Crippen LogP contribution is 2.38. The minimum atomic E-state index is -0.668. The molecule has 1 heterocycles. The number of ether oxygens (including phenoxy) is 1. The van der Waals surface area contributed by atoms with E-state index in [1.807, 2.05) is 19.1 Å². The molecule has 0 spiro atoms. The Morgan fingerprint density at radius 2 is 2.00 bits per heavy atom. The summed E-state index contributed by atoms with van der Waals surface area (Å²) in [5.41, 5.74) is 2.20. The van der Waals surface area contributed by atoms with Crippen molar-refractivity contribution in [3.05, 3.63) is 29.3 Å². The standard InChI is InChI=1S/C18H25NO3/c1-12-9-13(7-8-17(12)22-2)15-10-19(11-16(15)18(20)21)14-5-3-4-6-14/h7-9,14-16H,3-6,10-11H2,1-2H3,(H,20,21)/t15-,16+/m0/s1. The molecular formula is C18H25NO3. The number of carboxylic acids is 1. The smallest absolute Gasteiger partial charge is 0.308 e. The van der Waals surface area contributed by atoms with Gasteiger partial charge in [0.15, 0.2) is 0 Å². The highest BCUT2D eigenvalue weighted by Gasteiger charge is 2.41. The van der Waals surface area contributed by atoms with Gasteiger partial charge in [0.2, 0.25) is 0 Å². The number of rotatable bonds is 4. The highest BCUT2D eigenvalue weighted by atomic mass is 16.5. The summed E-state index contributed by atoms with van der Waals surface area (Å²) < 4.78 is 5.31. The SMILES string of the molecule is COc1ccc([C@@H]2CN(C3CCCC3)C[C@H]2C(=O)O)cc1C. The van der Waals surface area contributed by atoms with Crippen molar-refractivity contribution >= 4 is 5.97 Å². The third-order valence-electron chi connectivity index (χ3n) is 5.35. The van der Waals surface area contributed by atoms with Crippen molar-refractivity contribution in [2.24, 2.45) is 5.92 Å². The number of aryl methyl sites for hydroxylation is 1. The summed E-state index contributed by atoms with van der Waals surface area (Å²) in [7, 11) is 1.67. The van der Waals surface area contributed by atoms with E-state index in [-0.39, 0.29) is 11.8 Å². The molecule has 2 aliphatic rings. The van der Waals surface area contributed by atoms with Crippen molar-refractivity contribution in [2.75, 3.05) is 20.2 Å². The van der Waals surface area contributed by atoms with Gasteiger partial charge in [-0.05, 0) is 37.0 Å². The molecule has 3 rings (SSSR count). The number of nitrogens with zero attached hydrogens (tertiary/aromatic N) is 1. The zero-order chi connectivity index (χ0) is 15.7. The molecule has 1 saturated heterocycles. The topological polar surface area (TPSA) is 49.8 Å². The van der Waals surface area contributed by atoms with Gasteiger partial charge in [-0.3, -0.25) is 9.69 Å². The van der Waals surface area contributed by atoms with Crippen molar-refractivity contribution in [3.63, 3.8) is 0 Å². The molecule has 0 aromatic heterocycles. The van der Waals surface area contributed by atoms with Gasteiger partial charge >= 0.3 is 5.97 Å². The average molecular weight is 303 g/mol. The third kappa shape index (κ3) is 2.84. The minimum absolute atomic E-state index is 0.0858. The van der Waals surface area contributed by atoms with E-state index in [1.165, 1.54) is 25.7 Å². The number of methoxy groups -OCH3 is 1. The molecule has 1 aliphatic carbocycles. The van der Waals surface area contributed by atoms with Gasteiger partial charge in [-0.2, -0.15) is 0 Å². The molecule has 4 heteroatoms. The van der Waals surface area contributed by atoms with Crippen LogP contribution in [0.25, 0.3) is 0 Å². The predicted octanol–water partition coefficient (Wildman–Crippen LogP) is 3.05. The first-order chi connectivity index (χ1) is 10.6. The average Bonchev–Trinajstić information content (AvgIpc) is 3.16. The molecule has 1 aromatic rings. The van der Waals surface area contributed by atoms with Crippen LogP contribution in [-0.4, -0.2) is 42.2 Å². The van der Waals surface area contributed by atoms with Crippen LogP contribution in [0.5, 0.6) is 5.75 Å². The molecule has 2 fully saturated rings. The van der Waals surface area contributed by atoms with Crippen molar-refractivity contribution in [1.29, 1.82) is 0 Å². The maximum absolute atomic E-state index is 11.7. The lowest BCUT2D eigenvalue weighted by atomic mass is 9.88. The van der Waals surface area contributed by atoms with Crippen LogP contribution < -0.4 is 4.74 Å². The molecule has 0 unspecified atom stereocenters. The van der Waals surface area contributed by atoms with Crippen LogP contribution in [0.4, 0.5) is 0 Å². The Morgan fingerprint density at radius 1 is 1.27 bits per heavy atom. The minimum Gasteiger partial charge on any atom is -0.496 e. The molecule has 0 bridgehead atoms. The molecule has 4 nitrogen and oxygen atoms in total. The quantitative estimate of drug-likeness (QED) is 0.929. The Balaban J connectivity index is 1.83. The van der Waals surface area contributed by atoms with E-state index in [9.17, 15) is 9.90 Å². The number of carboxylic acid groups (broad SMARTS) is 1. The Labute approximate surface area is 132 Å². The summed E-state index contributed by atoms with van der Waals surface area (Å²) in [5.74, 6) is -0.0173. The number of carbonyl (C=O) groups is 1. The third-order valence-corrected chi connectivity index (χ3v) is 5.35. The summed E-state index contributed by atoms with van der Waals surface area (Å²) in [5, 5.41) is 9.62. The Morgan fingerprint density at radius 3 is 2.59 bits per heavy atom. The van der Waals surface area contributed by atoms with Gasteiger partial charge in [-0.15, -0.1) is 0 Å². The highest BCUT2D eigenvalue weighted by molar-refractivity contribution is 5.72. The number of hydrogen-bond acceptors (Lipinski definition) is 3. The molecule has 120 valence electrons. The van der Waals surface area contributed by atoms with Gasteiger partial charge in [0.1, 0.15) is 5.75 Å². The Kier molecular flexibility index (Phi) is 4.39. The second-order valence-electron chi connectivity index (χ2n) is 6.67.